The van der Waals surface area contributed by atoms with Crippen molar-refractivity contribution in [3.63, 3.8) is 0 Å². The molecule has 4 nitrogen and oxygen atoms in total. The Morgan fingerprint density at radius 2 is 1.54 bits per heavy atom. The number of hydrogen-bond donors (Lipinski definition) is 2. The fourth-order valence-corrected chi connectivity index (χ4v) is 3.23. The summed E-state index contributed by atoms with van der Waals surface area (Å²) in [6.45, 7) is 1.91. The maximum absolute atomic E-state index is 12.8. The Bertz CT molecular complexity index is 1030. The molecule has 0 aliphatic carbocycles. The normalized spacial score (nSPS) is 10.5. The number of aryl methyl sites for hydroxylation is 1. The number of rotatable bonds is 7. The Hall–Kier alpha value is -3.11. The number of hydrogen-bond acceptors (Lipinski definition) is 3. The first-order valence-electron chi connectivity index (χ1n) is 8.93. The summed E-state index contributed by atoms with van der Waals surface area (Å²) in [6.07, 6.45) is 0.587. The monoisotopic (exact) mass is 393 g/mol. The summed E-state index contributed by atoms with van der Waals surface area (Å²) in [4.78, 5) is 24.2. The molecule has 3 rings (SSSR count). The Kier molecular flexibility index (Phi) is 6.12. The fraction of sp³-hybridized carbons (Fsp3) is 0.130. The summed E-state index contributed by atoms with van der Waals surface area (Å²) in [6, 6.07) is 19.6. The van der Waals surface area contributed by atoms with Gasteiger partial charge in [-0.3, -0.25) is 4.79 Å². The van der Waals surface area contributed by atoms with Crippen molar-refractivity contribution in [2.45, 2.75) is 19.8 Å². The van der Waals surface area contributed by atoms with Crippen molar-refractivity contribution in [2.75, 3.05) is 5.32 Å². The number of nitrogens with one attached hydrogen (secondary N) is 1. The van der Waals surface area contributed by atoms with Crippen LogP contribution in [0.4, 0.5) is 11.4 Å². The molecule has 5 heteroatoms. The molecule has 0 spiro atoms. The van der Waals surface area contributed by atoms with E-state index < -0.39 is 5.97 Å². The van der Waals surface area contributed by atoms with Gasteiger partial charge >= 0.3 is 5.97 Å². The van der Waals surface area contributed by atoms with E-state index in [1.54, 1.807) is 30.3 Å². The highest BCUT2D eigenvalue weighted by Crippen LogP contribution is 2.28. The van der Waals surface area contributed by atoms with Crippen LogP contribution in [0.15, 0.2) is 66.7 Å². The molecule has 0 aromatic heterocycles. The molecule has 2 N–H and O–H groups in total. The molecule has 0 saturated heterocycles. The first-order chi connectivity index (χ1) is 13.5. The highest BCUT2D eigenvalue weighted by Gasteiger charge is 2.15. The standard InChI is InChI=1S/C23H20ClNO3/c1-15-19(24)10-6-12-20(15)25-21-11-5-4-9-18(21)22(26)14-13-16-7-2-3-8-17(16)23(27)28/h2-12,25H,13-14H2,1H3,(H,27,28). The predicted molar refractivity (Wildman–Crippen MR) is 112 cm³/mol. The van der Waals surface area contributed by atoms with E-state index >= 15 is 0 Å². The van der Waals surface area contributed by atoms with E-state index in [2.05, 4.69) is 5.32 Å². The molecule has 0 unspecified atom stereocenters. The minimum absolute atomic E-state index is 0.0528. The first kappa shape index (κ1) is 19.6. The van der Waals surface area contributed by atoms with E-state index in [1.165, 1.54) is 0 Å². The molecule has 3 aromatic rings. The molecule has 0 bridgehead atoms. The number of carboxylic acid groups (broad SMARTS) is 1. The molecule has 0 saturated carbocycles. The van der Waals surface area contributed by atoms with Crippen LogP contribution < -0.4 is 5.32 Å². The van der Waals surface area contributed by atoms with E-state index in [0.717, 1.165) is 11.3 Å². The number of Topliss-reactive ketones (excluding diaryl/α,β-unsaturated/α-hetero) is 1. The van der Waals surface area contributed by atoms with Gasteiger partial charge in [-0.05, 0) is 54.8 Å². The first-order valence-corrected chi connectivity index (χ1v) is 9.30. The summed E-state index contributed by atoms with van der Waals surface area (Å²) in [7, 11) is 0. The second-order valence-corrected chi connectivity index (χ2v) is 6.88. The molecule has 0 fully saturated rings. The zero-order chi connectivity index (χ0) is 20.1. The maximum Gasteiger partial charge on any atom is 0.335 e. The summed E-state index contributed by atoms with van der Waals surface area (Å²) in [5, 5.41) is 13.2. The van der Waals surface area contributed by atoms with Gasteiger partial charge in [-0.2, -0.15) is 0 Å². The van der Waals surface area contributed by atoms with Gasteiger partial charge in [0.15, 0.2) is 5.78 Å². The van der Waals surface area contributed by atoms with Crippen LogP contribution in [-0.4, -0.2) is 16.9 Å². The summed E-state index contributed by atoms with van der Waals surface area (Å²) in [5.41, 5.74) is 3.89. The van der Waals surface area contributed by atoms with Gasteiger partial charge in [-0.25, -0.2) is 4.79 Å². The Labute approximate surface area is 168 Å². The van der Waals surface area contributed by atoms with E-state index in [4.69, 9.17) is 11.6 Å². The van der Waals surface area contributed by atoms with E-state index in [-0.39, 0.29) is 17.8 Å². The number of benzene rings is 3. The molecule has 0 radical (unpaired) electrons. The lowest BCUT2D eigenvalue weighted by atomic mass is 9.98. The molecule has 0 atom stereocenters. The SMILES string of the molecule is Cc1c(Cl)cccc1Nc1ccccc1C(=O)CCc1ccccc1C(=O)O. The van der Waals surface area contributed by atoms with Gasteiger partial charge in [0.2, 0.25) is 0 Å². The van der Waals surface area contributed by atoms with Crippen LogP contribution in [0.5, 0.6) is 0 Å². The van der Waals surface area contributed by atoms with Gasteiger partial charge in [-0.1, -0.05) is 48.0 Å². The van der Waals surface area contributed by atoms with Crippen molar-refractivity contribution in [3.8, 4) is 0 Å². The highest BCUT2D eigenvalue weighted by atomic mass is 35.5. The molecule has 28 heavy (non-hydrogen) atoms. The van der Waals surface area contributed by atoms with Gasteiger partial charge < -0.3 is 10.4 Å². The Morgan fingerprint density at radius 3 is 2.29 bits per heavy atom. The van der Waals surface area contributed by atoms with Gasteiger partial charge in [-0.15, -0.1) is 0 Å². The largest absolute Gasteiger partial charge is 0.478 e. The second-order valence-electron chi connectivity index (χ2n) is 6.47. The van der Waals surface area contributed by atoms with Crippen molar-refractivity contribution in [1.82, 2.24) is 0 Å². The molecular weight excluding hydrogens is 374 g/mol. The molecule has 0 aliphatic rings. The molecular formula is C23H20ClNO3. The molecule has 142 valence electrons. The highest BCUT2D eigenvalue weighted by molar-refractivity contribution is 6.31. The van der Waals surface area contributed by atoms with Crippen molar-refractivity contribution >= 4 is 34.7 Å². The number of carbonyl (C=O) groups is 2. The van der Waals surface area contributed by atoms with Crippen LogP contribution in [0.2, 0.25) is 5.02 Å². The third-order valence-corrected chi connectivity index (χ3v) is 5.04. The molecule has 3 aromatic carbocycles. The lowest BCUT2D eigenvalue weighted by molar-refractivity contribution is 0.0695. The average Bonchev–Trinajstić information content (AvgIpc) is 2.70. The van der Waals surface area contributed by atoms with Gasteiger partial charge in [0.1, 0.15) is 0 Å². The van der Waals surface area contributed by atoms with Crippen molar-refractivity contribution in [2.24, 2.45) is 0 Å². The van der Waals surface area contributed by atoms with Crippen LogP contribution in [0.3, 0.4) is 0 Å². The smallest absolute Gasteiger partial charge is 0.335 e. The third kappa shape index (κ3) is 4.41. The zero-order valence-electron chi connectivity index (χ0n) is 15.4. The topological polar surface area (TPSA) is 66.4 Å². The fourth-order valence-electron chi connectivity index (χ4n) is 3.05. The van der Waals surface area contributed by atoms with Crippen LogP contribution in [0, 0.1) is 6.92 Å². The number of anilines is 2. The van der Waals surface area contributed by atoms with Crippen LogP contribution in [0.25, 0.3) is 0 Å². The number of halogens is 1. The second kappa shape index (κ2) is 8.72. The van der Waals surface area contributed by atoms with Gasteiger partial charge in [0.05, 0.1) is 5.56 Å². The van der Waals surface area contributed by atoms with E-state index in [9.17, 15) is 14.7 Å². The lowest BCUT2D eigenvalue weighted by Gasteiger charge is -2.14. The Balaban J connectivity index is 1.80. The number of carbonyl (C=O) groups excluding carboxylic acids is 1. The predicted octanol–water partition coefficient (Wildman–Crippen LogP) is 5.91. The summed E-state index contributed by atoms with van der Waals surface area (Å²) < 4.78 is 0. The number of ketones is 1. The molecule has 0 aliphatic heterocycles. The van der Waals surface area contributed by atoms with Crippen LogP contribution in [-0.2, 0) is 6.42 Å². The van der Waals surface area contributed by atoms with Crippen molar-refractivity contribution < 1.29 is 14.7 Å². The van der Waals surface area contributed by atoms with Gasteiger partial charge in [0.25, 0.3) is 0 Å². The Morgan fingerprint density at radius 1 is 0.893 bits per heavy atom. The minimum atomic E-state index is -0.985. The van der Waals surface area contributed by atoms with Gasteiger partial charge in [0, 0.05) is 28.4 Å². The maximum atomic E-state index is 12.8. The van der Waals surface area contributed by atoms with Crippen molar-refractivity contribution in [3.05, 3.63) is 94.0 Å². The van der Waals surface area contributed by atoms with Crippen molar-refractivity contribution in [1.29, 1.82) is 0 Å². The average molecular weight is 394 g/mol. The molecule has 0 amide bonds. The van der Waals surface area contributed by atoms with E-state index in [0.29, 0.717) is 28.3 Å². The molecule has 0 heterocycles. The quantitative estimate of drug-likeness (QED) is 0.490. The van der Waals surface area contributed by atoms with Crippen LogP contribution in [0.1, 0.15) is 38.3 Å². The number of para-hydroxylation sites is 1. The van der Waals surface area contributed by atoms with E-state index in [1.807, 2.05) is 43.3 Å². The number of aromatic carboxylic acids is 1. The third-order valence-electron chi connectivity index (χ3n) is 4.63. The number of carboxylic acids is 1. The summed E-state index contributed by atoms with van der Waals surface area (Å²) in [5.74, 6) is -1.04. The summed E-state index contributed by atoms with van der Waals surface area (Å²) >= 11 is 6.19. The van der Waals surface area contributed by atoms with Crippen LogP contribution >= 0.6 is 11.6 Å². The lowest BCUT2D eigenvalue weighted by Crippen LogP contribution is -2.08. The minimum Gasteiger partial charge on any atom is -0.478 e. The zero-order valence-corrected chi connectivity index (χ0v) is 16.2.